The van der Waals surface area contributed by atoms with E-state index >= 15 is 0 Å². The predicted octanol–water partition coefficient (Wildman–Crippen LogP) is 3.73. The molecule has 4 rings (SSSR count). The minimum Gasteiger partial charge on any atom is -0.347 e. The summed E-state index contributed by atoms with van der Waals surface area (Å²) >= 11 is 0. The van der Waals surface area contributed by atoms with E-state index in [-0.39, 0.29) is 23.9 Å². The monoisotopic (exact) mass is 342 g/mol. The summed E-state index contributed by atoms with van der Waals surface area (Å²) in [7, 11) is 0. The van der Waals surface area contributed by atoms with Crippen molar-refractivity contribution < 1.29 is 9.18 Å². The number of urea groups is 1. The number of aromatic amines is 1. The molecule has 0 radical (unpaired) electrons. The van der Waals surface area contributed by atoms with Gasteiger partial charge in [-0.25, -0.2) is 14.2 Å². The third-order valence-electron chi connectivity index (χ3n) is 5.38. The Bertz CT molecular complexity index is 727. The van der Waals surface area contributed by atoms with Crippen molar-refractivity contribution in [2.45, 2.75) is 50.1 Å². The molecular weight excluding hydrogens is 319 g/mol. The number of hydrogen-bond acceptors (Lipinski definition) is 2. The van der Waals surface area contributed by atoms with Gasteiger partial charge in [-0.3, -0.25) is 0 Å². The number of likely N-dealkylation sites (tertiary alicyclic amines) is 1. The van der Waals surface area contributed by atoms with Gasteiger partial charge in [0, 0.05) is 25.0 Å². The van der Waals surface area contributed by atoms with Crippen LogP contribution in [0.4, 0.5) is 9.18 Å². The maximum atomic E-state index is 13.3. The van der Waals surface area contributed by atoms with E-state index in [0.717, 1.165) is 50.0 Å². The fourth-order valence-electron chi connectivity index (χ4n) is 3.94. The van der Waals surface area contributed by atoms with Gasteiger partial charge in [0.15, 0.2) is 0 Å². The van der Waals surface area contributed by atoms with Gasteiger partial charge in [-0.05, 0) is 55.7 Å². The van der Waals surface area contributed by atoms with Crippen LogP contribution in [-0.4, -0.2) is 33.5 Å². The van der Waals surface area contributed by atoms with Gasteiger partial charge in [0.05, 0.1) is 6.04 Å². The van der Waals surface area contributed by atoms with E-state index in [4.69, 9.17) is 0 Å². The minimum atomic E-state index is -0.195. The van der Waals surface area contributed by atoms with Gasteiger partial charge >= 0.3 is 6.03 Å². The molecule has 1 aromatic heterocycles. The number of carbonyl (C=O) groups excluding carboxylic acids is 1. The summed E-state index contributed by atoms with van der Waals surface area (Å²) in [5, 5.41) is 3.14. The molecule has 2 aliphatic rings. The first-order chi connectivity index (χ1) is 12.2. The lowest BCUT2D eigenvalue weighted by Crippen LogP contribution is -2.51. The number of hydrogen-bond donors (Lipinski definition) is 2. The number of nitrogens with zero attached hydrogens (tertiary/aromatic N) is 2. The summed E-state index contributed by atoms with van der Waals surface area (Å²) in [6.45, 7) is 0.761. The highest BCUT2D eigenvalue weighted by Gasteiger charge is 2.35. The fraction of sp³-hybridized carbons (Fsp3) is 0.474. The molecule has 1 aliphatic carbocycles. The quantitative estimate of drug-likeness (QED) is 0.893. The van der Waals surface area contributed by atoms with Crippen molar-refractivity contribution in [2.24, 2.45) is 0 Å². The Kier molecular flexibility index (Phi) is 4.42. The van der Waals surface area contributed by atoms with E-state index in [0.29, 0.717) is 5.92 Å². The first kappa shape index (κ1) is 16.1. The van der Waals surface area contributed by atoms with Crippen molar-refractivity contribution in [1.82, 2.24) is 20.2 Å². The zero-order valence-corrected chi connectivity index (χ0v) is 14.1. The number of H-pyrrole nitrogens is 1. The first-order valence-electron chi connectivity index (χ1n) is 9.02. The molecule has 132 valence electrons. The van der Waals surface area contributed by atoms with Gasteiger partial charge in [0.2, 0.25) is 0 Å². The van der Waals surface area contributed by atoms with E-state index < -0.39 is 0 Å². The smallest absolute Gasteiger partial charge is 0.318 e. The fourth-order valence-corrected chi connectivity index (χ4v) is 3.94. The number of benzene rings is 1. The highest BCUT2D eigenvalue weighted by molar-refractivity contribution is 5.75. The Hall–Kier alpha value is -2.37. The molecule has 1 saturated carbocycles. The van der Waals surface area contributed by atoms with Crippen molar-refractivity contribution >= 4 is 6.03 Å². The number of rotatable bonds is 3. The van der Waals surface area contributed by atoms with Crippen LogP contribution < -0.4 is 5.32 Å². The molecule has 5 nitrogen and oxygen atoms in total. The second-order valence-corrected chi connectivity index (χ2v) is 7.05. The van der Waals surface area contributed by atoms with E-state index in [9.17, 15) is 9.18 Å². The van der Waals surface area contributed by atoms with E-state index in [1.165, 1.54) is 6.07 Å². The van der Waals surface area contributed by atoms with Crippen LogP contribution in [0, 0.1) is 5.82 Å². The van der Waals surface area contributed by atoms with Crippen LogP contribution in [0.1, 0.15) is 55.5 Å². The summed E-state index contributed by atoms with van der Waals surface area (Å²) in [5.74, 6) is 1.00. The molecule has 2 heterocycles. The number of imidazole rings is 1. The molecule has 0 bridgehead atoms. The van der Waals surface area contributed by atoms with Crippen LogP contribution >= 0.6 is 0 Å². The predicted molar refractivity (Wildman–Crippen MR) is 92.6 cm³/mol. The maximum Gasteiger partial charge on any atom is 0.318 e. The Morgan fingerprint density at radius 1 is 1.32 bits per heavy atom. The molecule has 1 saturated heterocycles. The van der Waals surface area contributed by atoms with Crippen molar-refractivity contribution in [3.05, 3.63) is 53.9 Å². The third-order valence-corrected chi connectivity index (χ3v) is 5.38. The summed E-state index contributed by atoms with van der Waals surface area (Å²) in [6.07, 6.45) is 8.35. The van der Waals surface area contributed by atoms with Crippen molar-refractivity contribution in [3.8, 4) is 0 Å². The summed E-state index contributed by atoms with van der Waals surface area (Å²) in [5.41, 5.74) is 1.02. The standard InChI is InChI=1S/C19H23FN4O/c20-15-5-3-4-13(10-15)14-11-16(12-14)23-19(25)24-9-2-1-6-17(24)18-21-7-8-22-18/h3-5,7-8,10,14,16-17H,1-2,6,9,11-12H2,(H,21,22)(H,23,25)/t14?,16?,17-/m1/s1. The number of piperidine rings is 1. The second kappa shape index (κ2) is 6.86. The molecule has 25 heavy (non-hydrogen) atoms. The minimum absolute atomic E-state index is 0.0104. The van der Waals surface area contributed by atoms with Gasteiger partial charge in [-0.2, -0.15) is 0 Å². The van der Waals surface area contributed by atoms with E-state index in [1.807, 2.05) is 11.0 Å². The number of aromatic nitrogens is 2. The Labute approximate surface area is 146 Å². The number of amides is 2. The number of halogens is 1. The highest BCUT2D eigenvalue weighted by Crippen LogP contribution is 2.37. The molecule has 2 aromatic rings. The Morgan fingerprint density at radius 2 is 2.20 bits per heavy atom. The van der Waals surface area contributed by atoms with Gasteiger partial charge < -0.3 is 15.2 Å². The van der Waals surface area contributed by atoms with Crippen LogP contribution in [-0.2, 0) is 0 Å². The molecule has 0 spiro atoms. The maximum absolute atomic E-state index is 13.3. The Morgan fingerprint density at radius 3 is 2.96 bits per heavy atom. The van der Waals surface area contributed by atoms with Crippen molar-refractivity contribution in [3.63, 3.8) is 0 Å². The normalized spacial score (nSPS) is 26.1. The zero-order chi connectivity index (χ0) is 17.2. The molecule has 1 aliphatic heterocycles. The summed E-state index contributed by atoms with van der Waals surface area (Å²) < 4.78 is 13.3. The van der Waals surface area contributed by atoms with E-state index in [1.54, 1.807) is 24.5 Å². The molecule has 2 amide bonds. The lowest BCUT2D eigenvalue weighted by molar-refractivity contribution is 0.138. The summed E-state index contributed by atoms with van der Waals surface area (Å²) in [4.78, 5) is 22.1. The van der Waals surface area contributed by atoms with Crippen LogP contribution in [0.5, 0.6) is 0 Å². The van der Waals surface area contributed by atoms with Crippen molar-refractivity contribution in [2.75, 3.05) is 6.54 Å². The highest BCUT2D eigenvalue weighted by atomic mass is 19.1. The van der Waals surface area contributed by atoms with Crippen LogP contribution in [0.2, 0.25) is 0 Å². The average Bonchev–Trinajstić information content (AvgIpc) is 3.12. The number of nitrogens with one attached hydrogen (secondary N) is 2. The summed E-state index contributed by atoms with van der Waals surface area (Å²) in [6, 6.07) is 6.96. The van der Waals surface area contributed by atoms with Gasteiger partial charge in [0.1, 0.15) is 11.6 Å². The van der Waals surface area contributed by atoms with Gasteiger partial charge in [0.25, 0.3) is 0 Å². The lowest BCUT2D eigenvalue weighted by atomic mass is 9.76. The number of carbonyl (C=O) groups is 1. The zero-order valence-electron chi connectivity index (χ0n) is 14.1. The molecule has 6 heteroatoms. The molecule has 1 atom stereocenters. The average molecular weight is 342 g/mol. The molecule has 1 aromatic carbocycles. The molecular formula is C19H23FN4O. The van der Waals surface area contributed by atoms with Crippen LogP contribution in [0.25, 0.3) is 0 Å². The van der Waals surface area contributed by atoms with Crippen LogP contribution in [0.3, 0.4) is 0 Å². The second-order valence-electron chi connectivity index (χ2n) is 7.05. The van der Waals surface area contributed by atoms with Crippen LogP contribution in [0.15, 0.2) is 36.7 Å². The Balaban J connectivity index is 1.34. The molecule has 2 fully saturated rings. The topological polar surface area (TPSA) is 61.0 Å². The first-order valence-corrected chi connectivity index (χ1v) is 9.02. The van der Waals surface area contributed by atoms with Gasteiger partial charge in [-0.15, -0.1) is 0 Å². The third kappa shape index (κ3) is 3.38. The van der Waals surface area contributed by atoms with Crippen molar-refractivity contribution in [1.29, 1.82) is 0 Å². The van der Waals surface area contributed by atoms with E-state index in [2.05, 4.69) is 15.3 Å². The SMILES string of the molecule is O=C(NC1CC(c2cccc(F)c2)C1)N1CCCC[C@@H]1c1ncc[nH]1. The lowest BCUT2D eigenvalue weighted by Gasteiger charge is -2.40. The molecule has 2 N–H and O–H groups in total. The van der Waals surface area contributed by atoms with Gasteiger partial charge in [-0.1, -0.05) is 12.1 Å². The molecule has 0 unspecified atom stereocenters. The largest absolute Gasteiger partial charge is 0.347 e.